The van der Waals surface area contributed by atoms with Gasteiger partial charge in [0.1, 0.15) is 5.76 Å². The van der Waals surface area contributed by atoms with Crippen molar-refractivity contribution in [3.05, 3.63) is 84.2 Å². The lowest BCUT2D eigenvalue weighted by Crippen LogP contribution is -2.12. The fourth-order valence-corrected chi connectivity index (χ4v) is 4.53. The van der Waals surface area contributed by atoms with E-state index in [1.165, 1.54) is 11.3 Å². The number of nitrogens with one attached hydrogen (secondary N) is 1. The summed E-state index contributed by atoms with van der Waals surface area (Å²) in [6.07, 6.45) is 4.36. The number of anilines is 1. The van der Waals surface area contributed by atoms with Crippen molar-refractivity contribution in [1.82, 2.24) is 9.97 Å². The Balaban J connectivity index is 1.43. The van der Waals surface area contributed by atoms with Gasteiger partial charge >= 0.3 is 0 Å². The van der Waals surface area contributed by atoms with E-state index in [1.54, 1.807) is 24.2 Å². The Morgan fingerprint density at radius 1 is 1.07 bits per heavy atom. The van der Waals surface area contributed by atoms with Gasteiger partial charge in [-0.2, -0.15) is 0 Å². The van der Waals surface area contributed by atoms with E-state index in [0.717, 1.165) is 27.5 Å². The zero-order valence-corrected chi connectivity index (χ0v) is 17.4. The normalized spacial score (nSPS) is 10.8. The number of hydrogen-bond acceptors (Lipinski definition) is 6. The first kappa shape index (κ1) is 19.4. The first-order valence-corrected chi connectivity index (χ1v) is 11.0. The number of nitrogens with zero attached hydrogens (tertiary/aromatic N) is 2. The van der Waals surface area contributed by atoms with E-state index in [-0.39, 0.29) is 5.91 Å². The Kier molecular flexibility index (Phi) is 6.07. The zero-order chi connectivity index (χ0) is 20.1. The number of carbonyl (C=O) groups excluding carboxylic acids is 1. The van der Waals surface area contributed by atoms with Crippen LogP contribution in [-0.4, -0.2) is 15.9 Å². The van der Waals surface area contributed by atoms with Gasteiger partial charge in [0.15, 0.2) is 5.13 Å². The Hall–Kier alpha value is -2.90. The van der Waals surface area contributed by atoms with Crippen LogP contribution in [0, 0.1) is 0 Å². The molecule has 2 aromatic heterocycles. The molecule has 0 aliphatic heterocycles. The molecule has 2 aromatic carbocycles. The molecule has 0 fully saturated rings. The second-order valence-electron chi connectivity index (χ2n) is 6.21. The van der Waals surface area contributed by atoms with Crippen LogP contribution >= 0.6 is 23.1 Å². The Bertz CT molecular complexity index is 1110. The fourth-order valence-electron chi connectivity index (χ4n) is 2.81. The molecule has 146 valence electrons. The van der Waals surface area contributed by atoms with Crippen molar-refractivity contribution in [3.63, 3.8) is 0 Å². The largest absolute Gasteiger partial charge is 0.445 e. The SMILES string of the molecule is CCc1cnc(CSc2cnc(NC(=O)c3ccccc3-c3ccccc3)s2)o1. The molecule has 0 atom stereocenters. The van der Waals surface area contributed by atoms with Crippen molar-refractivity contribution in [1.29, 1.82) is 0 Å². The van der Waals surface area contributed by atoms with Crippen molar-refractivity contribution >= 4 is 34.1 Å². The Morgan fingerprint density at radius 3 is 2.66 bits per heavy atom. The molecule has 0 spiro atoms. The van der Waals surface area contributed by atoms with Crippen LogP contribution in [0.1, 0.15) is 28.9 Å². The van der Waals surface area contributed by atoms with Gasteiger partial charge in [0.25, 0.3) is 5.91 Å². The topological polar surface area (TPSA) is 68.0 Å². The lowest BCUT2D eigenvalue weighted by molar-refractivity contribution is 0.102. The average Bonchev–Trinajstić information content (AvgIpc) is 3.42. The third-order valence-corrected chi connectivity index (χ3v) is 6.34. The van der Waals surface area contributed by atoms with E-state index < -0.39 is 0 Å². The number of aryl methyl sites for hydroxylation is 1. The van der Waals surface area contributed by atoms with E-state index in [9.17, 15) is 4.79 Å². The summed E-state index contributed by atoms with van der Waals surface area (Å²) in [7, 11) is 0. The quantitative estimate of drug-likeness (QED) is 0.376. The first-order chi connectivity index (χ1) is 14.2. The molecule has 1 amide bonds. The second kappa shape index (κ2) is 9.07. The standard InChI is InChI=1S/C22H19N3O2S2/c1-2-16-12-23-19(27-16)14-28-20-13-24-22(29-20)25-21(26)18-11-7-6-10-17(18)15-8-4-3-5-9-15/h3-13H,2,14H2,1H3,(H,24,25,26). The molecule has 5 nitrogen and oxygen atoms in total. The van der Waals surface area contributed by atoms with Gasteiger partial charge in [0.2, 0.25) is 5.89 Å². The van der Waals surface area contributed by atoms with Crippen LogP contribution in [0.5, 0.6) is 0 Å². The maximum absolute atomic E-state index is 12.9. The van der Waals surface area contributed by atoms with E-state index in [0.29, 0.717) is 22.3 Å². The minimum atomic E-state index is -0.171. The number of aromatic nitrogens is 2. The van der Waals surface area contributed by atoms with Gasteiger partial charge in [-0.3, -0.25) is 10.1 Å². The van der Waals surface area contributed by atoms with Gasteiger partial charge in [0.05, 0.1) is 22.4 Å². The molecule has 0 unspecified atom stereocenters. The lowest BCUT2D eigenvalue weighted by atomic mass is 9.99. The maximum atomic E-state index is 12.9. The number of thioether (sulfide) groups is 1. The molecule has 4 aromatic rings. The molecule has 0 saturated carbocycles. The Labute approximate surface area is 177 Å². The van der Waals surface area contributed by atoms with Gasteiger partial charge in [-0.25, -0.2) is 9.97 Å². The highest BCUT2D eigenvalue weighted by Crippen LogP contribution is 2.31. The summed E-state index contributed by atoms with van der Waals surface area (Å²) >= 11 is 3.03. The summed E-state index contributed by atoms with van der Waals surface area (Å²) in [5, 5.41) is 3.49. The van der Waals surface area contributed by atoms with Crippen LogP contribution in [0.15, 0.2) is 75.6 Å². The van der Waals surface area contributed by atoms with Crippen LogP contribution in [0.25, 0.3) is 11.1 Å². The molecular formula is C22H19N3O2S2. The van der Waals surface area contributed by atoms with Crippen LogP contribution in [-0.2, 0) is 12.2 Å². The minimum Gasteiger partial charge on any atom is -0.445 e. The molecule has 0 aliphatic carbocycles. The van der Waals surface area contributed by atoms with Gasteiger partial charge in [-0.05, 0) is 17.2 Å². The van der Waals surface area contributed by atoms with E-state index in [4.69, 9.17) is 4.42 Å². The third kappa shape index (κ3) is 4.75. The fraction of sp³-hybridized carbons (Fsp3) is 0.136. The number of carbonyl (C=O) groups is 1. The summed E-state index contributed by atoms with van der Waals surface area (Å²) in [6, 6.07) is 17.5. The summed E-state index contributed by atoms with van der Waals surface area (Å²) in [4.78, 5) is 21.5. The smallest absolute Gasteiger partial charge is 0.258 e. The Morgan fingerprint density at radius 2 is 1.86 bits per heavy atom. The predicted octanol–water partition coefficient (Wildman–Crippen LogP) is 5.91. The van der Waals surface area contributed by atoms with Crippen LogP contribution < -0.4 is 5.32 Å². The molecular weight excluding hydrogens is 402 g/mol. The van der Waals surface area contributed by atoms with Gasteiger partial charge in [-0.1, -0.05) is 66.8 Å². The van der Waals surface area contributed by atoms with Crippen molar-refractivity contribution in [2.75, 3.05) is 5.32 Å². The molecule has 0 saturated heterocycles. The third-order valence-electron chi connectivity index (χ3n) is 4.25. The van der Waals surface area contributed by atoms with Crippen LogP contribution in [0.3, 0.4) is 0 Å². The van der Waals surface area contributed by atoms with E-state index >= 15 is 0 Å². The molecule has 7 heteroatoms. The van der Waals surface area contributed by atoms with E-state index in [2.05, 4.69) is 15.3 Å². The van der Waals surface area contributed by atoms with E-state index in [1.807, 2.05) is 61.5 Å². The zero-order valence-electron chi connectivity index (χ0n) is 15.8. The first-order valence-electron chi connectivity index (χ1n) is 9.21. The second-order valence-corrected chi connectivity index (χ2v) is 8.52. The summed E-state index contributed by atoms with van der Waals surface area (Å²) in [5.41, 5.74) is 2.52. The molecule has 4 rings (SSSR count). The number of amides is 1. The number of oxazole rings is 1. The lowest BCUT2D eigenvalue weighted by Gasteiger charge is -2.09. The molecule has 29 heavy (non-hydrogen) atoms. The van der Waals surface area contributed by atoms with Gasteiger partial charge in [0, 0.05) is 12.0 Å². The average molecular weight is 422 g/mol. The van der Waals surface area contributed by atoms with Crippen molar-refractivity contribution in [2.24, 2.45) is 0 Å². The molecule has 2 heterocycles. The van der Waals surface area contributed by atoms with Gasteiger partial charge < -0.3 is 4.42 Å². The minimum absolute atomic E-state index is 0.171. The number of rotatable bonds is 7. The van der Waals surface area contributed by atoms with Gasteiger partial charge in [-0.15, -0.1) is 11.8 Å². The molecule has 0 bridgehead atoms. The van der Waals surface area contributed by atoms with Crippen LogP contribution in [0.2, 0.25) is 0 Å². The number of hydrogen-bond donors (Lipinski definition) is 1. The summed E-state index contributed by atoms with van der Waals surface area (Å²) in [5.74, 6) is 2.04. The predicted molar refractivity (Wildman–Crippen MR) is 117 cm³/mol. The molecule has 0 aliphatic rings. The monoisotopic (exact) mass is 421 g/mol. The highest BCUT2D eigenvalue weighted by atomic mass is 32.2. The van der Waals surface area contributed by atoms with Crippen molar-refractivity contribution in [3.8, 4) is 11.1 Å². The molecule has 1 N–H and O–H groups in total. The maximum Gasteiger partial charge on any atom is 0.258 e. The van der Waals surface area contributed by atoms with Crippen molar-refractivity contribution < 1.29 is 9.21 Å². The number of benzene rings is 2. The number of thiazole rings is 1. The summed E-state index contributed by atoms with van der Waals surface area (Å²) < 4.78 is 6.61. The molecule has 0 radical (unpaired) electrons. The highest BCUT2D eigenvalue weighted by Gasteiger charge is 2.14. The summed E-state index contributed by atoms with van der Waals surface area (Å²) in [6.45, 7) is 2.03. The highest BCUT2D eigenvalue weighted by molar-refractivity contribution is 8.00. The van der Waals surface area contributed by atoms with Crippen LogP contribution in [0.4, 0.5) is 5.13 Å². The van der Waals surface area contributed by atoms with Crippen molar-refractivity contribution in [2.45, 2.75) is 23.3 Å².